The number of thioether (sulfide) groups is 1. The number of hydrogen-bond acceptors (Lipinski definition) is 8. The molecule has 1 aliphatic rings. The number of likely N-dealkylation sites (N-methyl/N-ethyl adjacent to an activating group) is 2. The summed E-state index contributed by atoms with van der Waals surface area (Å²) in [6, 6.07) is -0.455. The summed E-state index contributed by atoms with van der Waals surface area (Å²) < 4.78 is 11.6. The summed E-state index contributed by atoms with van der Waals surface area (Å²) in [6.07, 6.45) is 0. The third-order valence-electron chi connectivity index (χ3n) is 4.76. The zero-order chi connectivity index (χ0) is 21.9. The van der Waals surface area contributed by atoms with Crippen LogP contribution >= 0.6 is 11.8 Å². The van der Waals surface area contributed by atoms with Crippen LogP contribution < -0.4 is 10.5 Å². The van der Waals surface area contributed by atoms with Crippen molar-refractivity contribution >= 4 is 17.7 Å². The number of esters is 1. The van der Waals surface area contributed by atoms with E-state index in [2.05, 4.69) is 35.9 Å². The molecule has 0 aromatic carbocycles. The van der Waals surface area contributed by atoms with Gasteiger partial charge >= 0.3 is 5.97 Å². The van der Waals surface area contributed by atoms with Crippen molar-refractivity contribution < 1.29 is 14.3 Å². The van der Waals surface area contributed by atoms with Crippen LogP contribution in [0, 0.1) is 13.8 Å². The summed E-state index contributed by atoms with van der Waals surface area (Å²) in [5, 5.41) is 0.320. The van der Waals surface area contributed by atoms with Crippen LogP contribution in [0.4, 0.5) is 0 Å². The molecule has 0 aliphatic carbocycles. The lowest BCUT2D eigenvalue weighted by Crippen LogP contribution is -2.34. The van der Waals surface area contributed by atoms with Gasteiger partial charge in [-0.1, -0.05) is 11.8 Å². The highest BCUT2D eigenvalue weighted by Gasteiger charge is 2.41. The van der Waals surface area contributed by atoms with Crippen molar-refractivity contribution in [3.05, 3.63) is 16.8 Å². The number of aryl methyl sites for hydroxylation is 1. The summed E-state index contributed by atoms with van der Waals surface area (Å²) >= 11 is 1.39. The predicted molar refractivity (Wildman–Crippen MR) is 118 cm³/mol. The van der Waals surface area contributed by atoms with E-state index in [1.54, 1.807) is 0 Å². The van der Waals surface area contributed by atoms with Crippen LogP contribution in [0.3, 0.4) is 0 Å². The van der Waals surface area contributed by atoms with Crippen LogP contribution in [-0.2, 0) is 9.53 Å². The minimum atomic E-state index is -0.544. The van der Waals surface area contributed by atoms with Crippen LogP contribution in [0.25, 0.3) is 0 Å². The van der Waals surface area contributed by atoms with Gasteiger partial charge in [-0.2, -0.15) is 0 Å². The average Bonchev–Trinajstić information content (AvgIpc) is 2.91. The lowest BCUT2D eigenvalue weighted by molar-refractivity contribution is -0.154. The number of carbonyl (C=O) groups excluding carboxylic acids is 1. The van der Waals surface area contributed by atoms with Crippen molar-refractivity contribution in [1.82, 2.24) is 14.8 Å². The Morgan fingerprint density at radius 1 is 1.17 bits per heavy atom. The molecule has 1 aromatic heterocycles. The standard InChI is InChI=1S/C21H36N4O3S/c1-13-15-16(22)18(20(26)28-21(3,4)5)29-19(15)23-14(2)17(13)27-12-11-25(8)10-9-24(6)7/h16,18H,9-12,22H2,1-8H3. The second-order valence-corrected chi connectivity index (χ2v) is 10.1. The van der Waals surface area contributed by atoms with Gasteiger partial charge in [0.05, 0.1) is 11.7 Å². The number of ether oxygens (including phenoxy) is 2. The van der Waals surface area contributed by atoms with Crippen LogP contribution in [0.2, 0.25) is 0 Å². The fourth-order valence-electron chi connectivity index (χ4n) is 3.20. The molecular weight excluding hydrogens is 388 g/mol. The van der Waals surface area contributed by atoms with E-state index < -0.39 is 16.9 Å². The van der Waals surface area contributed by atoms with E-state index in [4.69, 9.17) is 15.2 Å². The molecule has 0 bridgehead atoms. The predicted octanol–water partition coefficient (Wildman–Crippen LogP) is 2.39. The molecule has 1 aliphatic heterocycles. The molecule has 1 aromatic rings. The van der Waals surface area contributed by atoms with Crippen molar-refractivity contribution in [2.75, 3.05) is 47.4 Å². The number of hydrogen-bond donors (Lipinski definition) is 1. The lowest BCUT2D eigenvalue weighted by atomic mass is 10.00. The van der Waals surface area contributed by atoms with Gasteiger partial charge in [0.2, 0.25) is 0 Å². The molecule has 0 saturated carbocycles. The fraction of sp³-hybridized carbons (Fsp3) is 0.714. The minimum Gasteiger partial charge on any atom is -0.490 e. The Morgan fingerprint density at radius 2 is 1.83 bits per heavy atom. The molecule has 0 amide bonds. The molecule has 2 unspecified atom stereocenters. The van der Waals surface area contributed by atoms with Crippen LogP contribution in [-0.4, -0.2) is 79.0 Å². The Kier molecular flexibility index (Phi) is 7.95. The number of fused-ring (bicyclic) bond motifs is 1. The molecule has 29 heavy (non-hydrogen) atoms. The molecule has 8 heteroatoms. The van der Waals surface area contributed by atoms with E-state index >= 15 is 0 Å². The quantitative estimate of drug-likeness (QED) is 0.637. The number of pyridine rings is 1. The largest absolute Gasteiger partial charge is 0.490 e. The fourth-order valence-corrected chi connectivity index (χ4v) is 4.47. The van der Waals surface area contributed by atoms with Crippen molar-refractivity contribution in [2.45, 2.75) is 56.5 Å². The molecular formula is C21H36N4O3S. The lowest BCUT2D eigenvalue weighted by Gasteiger charge is -2.23. The summed E-state index contributed by atoms with van der Waals surface area (Å²) in [6.45, 7) is 12.9. The van der Waals surface area contributed by atoms with Gasteiger partial charge in [0.25, 0.3) is 0 Å². The molecule has 0 radical (unpaired) electrons. The Balaban J connectivity index is 2.08. The zero-order valence-corrected chi connectivity index (χ0v) is 19.9. The van der Waals surface area contributed by atoms with E-state index in [-0.39, 0.29) is 5.97 Å². The zero-order valence-electron chi connectivity index (χ0n) is 19.0. The Labute approximate surface area is 179 Å². The van der Waals surface area contributed by atoms with Gasteiger partial charge < -0.3 is 25.0 Å². The first-order valence-corrected chi connectivity index (χ1v) is 10.9. The maximum absolute atomic E-state index is 12.6. The van der Waals surface area contributed by atoms with Crippen LogP contribution in [0.1, 0.15) is 43.6 Å². The number of rotatable bonds is 8. The molecule has 2 atom stereocenters. The monoisotopic (exact) mass is 424 g/mol. The first kappa shape index (κ1) is 23.9. The van der Waals surface area contributed by atoms with Crippen molar-refractivity contribution in [1.29, 1.82) is 0 Å². The van der Waals surface area contributed by atoms with E-state index in [1.807, 2.05) is 34.6 Å². The summed E-state index contributed by atoms with van der Waals surface area (Å²) in [4.78, 5) is 21.7. The van der Waals surface area contributed by atoms with Crippen molar-refractivity contribution in [3.8, 4) is 5.75 Å². The first-order chi connectivity index (χ1) is 13.4. The van der Waals surface area contributed by atoms with Crippen LogP contribution in [0.15, 0.2) is 5.03 Å². The van der Waals surface area contributed by atoms with Crippen molar-refractivity contribution in [3.63, 3.8) is 0 Å². The Hall–Kier alpha value is -1.35. The molecule has 0 saturated heterocycles. The van der Waals surface area contributed by atoms with Gasteiger partial charge in [0.15, 0.2) is 0 Å². The van der Waals surface area contributed by atoms with Gasteiger partial charge in [-0.15, -0.1) is 0 Å². The average molecular weight is 425 g/mol. The maximum Gasteiger partial charge on any atom is 0.321 e. The van der Waals surface area contributed by atoms with Gasteiger partial charge in [-0.25, -0.2) is 4.98 Å². The third kappa shape index (κ3) is 6.31. The first-order valence-electron chi connectivity index (χ1n) is 10.0. The molecule has 2 heterocycles. The molecule has 7 nitrogen and oxygen atoms in total. The highest BCUT2D eigenvalue weighted by molar-refractivity contribution is 8.00. The molecule has 2 N–H and O–H groups in total. The molecule has 0 spiro atoms. The maximum atomic E-state index is 12.6. The van der Waals surface area contributed by atoms with E-state index in [0.29, 0.717) is 6.61 Å². The Morgan fingerprint density at radius 3 is 2.41 bits per heavy atom. The smallest absolute Gasteiger partial charge is 0.321 e. The second-order valence-electron chi connectivity index (χ2n) is 8.92. The second kappa shape index (κ2) is 9.64. The van der Waals surface area contributed by atoms with Crippen LogP contribution in [0.5, 0.6) is 5.75 Å². The van der Waals surface area contributed by atoms with Gasteiger partial charge in [0, 0.05) is 30.8 Å². The highest BCUT2D eigenvalue weighted by Crippen LogP contribution is 2.46. The normalized spacial score (nSPS) is 19.0. The third-order valence-corrected chi connectivity index (χ3v) is 6.03. The van der Waals surface area contributed by atoms with E-state index in [0.717, 1.165) is 47.2 Å². The topological polar surface area (TPSA) is 80.9 Å². The highest BCUT2D eigenvalue weighted by atomic mass is 32.2. The molecule has 0 fully saturated rings. The van der Waals surface area contributed by atoms with E-state index in [1.165, 1.54) is 11.8 Å². The molecule has 2 rings (SSSR count). The summed E-state index contributed by atoms with van der Waals surface area (Å²) in [5.41, 5.74) is 8.58. The summed E-state index contributed by atoms with van der Waals surface area (Å²) in [5.74, 6) is 0.473. The van der Waals surface area contributed by atoms with Gasteiger partial charge in [-0.05, 0) is 55.8 Å². The molecule has 164 valence electrons. The number of carbonyl (C=O) groups is 1. The van der Waals surface area contributed by atoms with Gasteiger partial charge in [0.1, 0.15) is 28.2 Å². The Bertz CT molecular complexity index is 734. The number of nitrogens with zero attached hydrogens (tertiary/aromatic N) is 3. The minimum absolute atomic E-state index is 0.296. The number of aromatic nitrogens is 1. The van der Waals surface area contributed by atoms with Crippen molar-refractivity contribution in [2.24, 2.45) is 5.73 Å². The van der Waals surface area contributed by atoms with Gasteiger partial charge in [-0.3, -0.25) is 4.79 Å². The van der Waals surface area contributed by atoms with E-state index in [9.17, 15) is 4.79 Å². The SMILES string of the molecule is Cc1nc2c(c(C)c1OCCN(C)CCN(C)C)C(N)C(C(=O)OC(C)(C)C)S2. The summed E-state index contributed by atoms with van der Waals surface area (Å²) in [7, 11) is 6.23. The number of nitrogens with two attached hydrogens (primary N) is 1.